The molecule has 0 unspecified atom stereocenters. The lowest BCUT2D eigenvalue weighted by molar-refractivity contribution is 1.34. The Kier molecular flexibility index (Phi) is 2.05. The molecule has 0 fully saturated rings. The maximum atomic E-state index is 5.68. The van der Waals surface area contributed by atoms with E-state index in [2.05, 4.69) is 26.9 Å². The first-order chi connectivity index (χ1) is 6.83. The topological polar surface area (TPSA) is 25.8 Å². The van der Waals surface area contributed by atoms with Gasteiger partial charge in [-0.2, -0.15) is 4.37 Å². The van der Waals surface area contributed by atoms with Crippen LogP contribution in [0.1, 0.15) is 0 Å². The van der Waals surface area contributed by atoms with E-state index < -0.39 is 0 Å². The molecule has 0 aromatic carbocycles. The lowest BCUT2D eigenvalue weighted by atomic mass is 10.4. The summed E-state index contributed by atoms with van der Waals surface area (Å²) in [7, 11) is 0. The highest BCUT2D eigenvalue weighted by atomic mass is 35.5. The van der Waals surface area contributed by atoms with Gasteiger partial charge in [-0.25, -0.2) is 4.98 Å². The van der Waals surface area contributed by atoms with Crippen molar-refractivity contribution in [1.29, 1.82) is 0 Å². The van der Waals surface area contributed by atoms with Gasteiger partial charge in [-0.15, -0.1) is 22.7 Å². The van der Waals surface area contributed by atoms with Crippen molar-refractivity contribution in [1.82, 2.24) is 9.36 Å². The van der Waals surface area contributed by atoms with E-state index in [1.807, 2.05) is 0 Å². The molecule has 6 heteroatoms. The van der Waals surface area contributed by atoms with E-state index >= 15 is 0 Å². The summed E-state index contributed by atoms with van der Waals surface area (Å²) < 4.78 is 6.56. The van der Waals surface area contributed by atoms with Gasteiger partial charge in [0.05, 0.1) is 4.88 Å². The fourth-order valence-electron chi connectivity index (χ4n) is 1.18. The highest BCUT2D eigenvalue weighted by Crippen LogP contribution is 2.37. The summed E-state index contributed by atoms with van der Waals surface area (Å²) in [6.45, 7) is 0. The second kappa shape index (κ2) is 3.27. The number of hydrogen-bond acceptors (Lipinski definition) is 5. The molecule has 0 aliphatic carbocycles. The molecular formula is C8H3ClN2S3. The van der Waals surface area contributed by atoms with Gasteiger partial charge in [0, 0.05) is 9.40 Å². The number of hydrogen-bond donors (Lipinski definition) is 0. The van der Waals surface area contributed by atoms with Crippen molar-refractivity contribution >= 4 is 55.2 Å². The lowest BCUT2D eigenvalue weighted by Crippen LogP contribution is -1.66. The Balaban J connectivity index is 2.18. The van der Waals surface area contributed by atoms with Crippen LogP contribution in [0.15, 0.2) is 17.5 Å². The van der Waals surface area contributed by atoms with Crippen LogP contribution in [-0.4, -0.2) is 9.36 Å². The molecule has 0 N–H and O–H groups in total. The summed E-state index contributed by atoms with van der Waals surface area (Å²) >= 11 is 10.5. The first kappa shape index (κ1) is 8.79. The minimum Gasteiger partial charge on any atom is -0.204 e. The minimum absolute atomic E-state index is 0.335. The Morgan fingerprint density at radius 3 is 2.93 bits per heavy atom. The van der Waals surface area contributed by atoms with E-state index in [9.17, 15) is 0 Å². The average molecular weight is 259 g/mol. The number of rotatable bonds is 1. The molecule has 3 aromatic heterocycles. The van der Waals surface area contributed by atoms with Crippen LogP contribution in [0.3, 0.4) is 0 Å². The van der Waals surface area contributed by atoms with Crippen LogP contribution in [0, 0.1) is 0 Å². The van der Waals surface area contributed by atoms with E-state index in [0.29, 0.717) is 5.28 Å². The average Bonchev–Trinajstić information content (AvgIpc) is 2.75. The van der Waals surface area contributed by atoms with Gasteiger partial charge in [0.15, 0.2) is 5.01 Å². The lowest BCUT2D eigenvalue weighted by Gasteiger charge is -1.83. The van der Waals surface area contributed by atoms with Gasteiger partial charge in [-0.3, -0.25) is 0 Å². The molecule has 3 heterocycles. The SMILES string of the molecule is Clc1nsc(-c2cc3sccc3s2)n1. The predicted octanol–water partition coefficient (Wildman–Crippen LogP) is 4.13. The summed E-state index contributed by atoms with van der Waals surface area (Å²) in [5.74, 6) is 0. The van der Waals surface area contributed by atoms with E-state index in [-0.39, 0.29) is 0 Å². The quantitative estimate of drug-likeness (QED) is 0.656. The summed E-state index contributed by atoms with van der Waals surface area (Å²) in [6.07, 6.45) is 0. The van der Waals surface area contributed by atoms with Gasteiger partial charge in [0.1, 0.15) is 0 Å². The normalized spacial score (nSPS) is 11.2. The van der Waals surface area contributed by atoms with Crippen LogP contribution in [0.4, 0.5) is 0 Å². The largest absolute Gasteiger partial charge is 0.234 e. The van der Waals surface area contributed by atoms with Gasteiger partial charge in [0.2, 0.25) is 5.28 Å². The first-order valence-electron chi connectivity index (χ1n) is 3.79. The molecule has 0 amide bonds. The van der Waals surface area contributed by atoms with Gasteiger partial charge in [-0.05, 0) is 40.6 Å². The highest BCUT2D eigenvalue weighted by Gasteiger charge is 2.09. The van der Waals surface area contributed by atoms with Crippen molar-refractivity contribution in [3.05, 3.63) is 22.8 Å². The maximum absolute atomic E-state index is 5.68. The Labute approximate surface area is 97.0 Å². The number of aromatic nitrogens is 2. The fourth-order valence-corrected chi connectivity index (χ4v) is 4.12. The Bertz CT molecular complexity index is 551. The van der Waals surface area contributed by atoms with Gasteiger partial charge < -0.3 is 0 Å². The third-order valence-electron chi connectivity index (χ3n) is 1.75. The van der Waals surface area contributed by atoms with Crippen LogP contribution in [-0.2, 0) is 0 Å². The fraction of sp³-hybridized carbons (Fsp3) is 0. The van der Waals surface area contributed by atoms with Crippen molar-refractivity contribution in [2.45, 2.75) is 0 Å². The van der Waals surface area contributed by atoms with Crippen molar-refractivity contribution in [2.75, 3.05) is 0 Å². The second-order valence-electron chi connectivity index (χ2n) is 2.63. The molecule has 0 bridgehead atoms. The third kappa shape index (κ3) is 1.37. The van der Waals surface area contributed by atoms with Crippen molar-refractivity contribution in [3.63, 3.8) is 0 Å². The molecule has 70 valence electrons. The molecule has 2 nitrogen and oxygen atoms in total. The molecule has 0 spiro atoms. The van der Waals surface area contributed by atoms with Crippen LogP contribution >= 0.6 is 45.8 Å². The molecule has 0 atom stereocenters. The number of nitrogens with zero attached hydrogens (tertiary/aromatic N) is 2. The van der Waals surface area contributed by atoms with Crippen LogP contribution in [0.5, 0.6) is 0 Å². The molecule has 0 aliphatic heterocycles. The first-order valence-corrected chi connectivity index (χ1v) is 6.64. The van der Waals surface area contributed by atoms with Crippen LogP contribution in [0.25, 0.3) is 19.3 Å². The smallest absolute Gasteiger partial charge is 0.204 e. The van der Waals surface area contributed by atoms with E-state index in [4.69, 9.17) is 11.6 Å². The van der Waals surface area contributed by atoms with E-state index in [1.54, 1.807) is 22.7 Å². The van der Waals surface area contributed by atoms with Crippen LogP contribution < -0.4 is 0 Å². The van der Waals surface area contributed by atoms with Crippen LogP contribution in [0.2, 0.25) is 5.28 Å². The number of fused-ring (bicyclic) bond motifs is 1. The highest BCUT2D eigenvalue weighted by molar-refractivity contribution is 7.30. The standard InChI is InChI=1S/C8H3ClN2S3/c9-8-10-7(14-11-8)6-3-5-4(13-6)1-2-12-5/h1-3H. The number of halogens is 1. The molecule has 3 rings (SSSR count). The Morgan fingerprint density at radius 1 is 1.29 bits per heavy atom. The summed E-state index contributed by atoms with van der Waals surface area (Å²) in [5.41, 5.74) is 0. The summed E-state index contributed by atoms with van der Waals surface area (Å²) in [5, 5.41) is 3.34. The van der Waals surface area contributed by atoms with Crippen molar-refractivity contribution in [3.8, 4) is 9.88 Å². The van der Waals surface area contributed by atoms with Gasteiger partial charge >= 0.3 is 0 Å². The zero-order valence-corrected chi connectivity index (χ0v) is 9.93. The molecule has 14 heavy (non-hydrogen) atoms. The molecule has 3 aromatic rings. The minimum atomic E-state index is 0.335. The van der Waals surface area contributed by atoms with Crippen molar-refractivity contribution < 1.29 is 0 Å². The van der Waals surface area contributed by atoms with Crippen molar-refractivity contribution in [2.24, 2.45) is 0 Å². The summed E-state index contributed by atoms with van der Waals surface area (Å²) in [4.78, 5) is 5.29. The van der Waals surface area contributed by atoms with E-state index in [0.717, 1.165) is 9.88 Å². The molecule has 0 saturated carbocycles. The molecule has 0 radical (unpaired) electrons. The van der Waals surface area contributed by atoms with Gasteiger partial charge in [0.25, 0.3) is 0 Å². The van der Waals surface area contributed by atoms with E-state index in [1.165, 1.54) is 20.9 Å². The summed E-state index contributed by atoms with van der Waals surface area (Å²) in [6, 6.07) is 4.26. The number of thiophene rings is 2. The Hall–Kier alpha value is -0.490. The molecular weight excluding hydrogens is 256 g/mol. The third-order valence-corrected chi connectivity index (χ3v) is 5.00. The molecule has 0 saturated heterocycles. The zero-order chi connectivity index (χ0) is 9.54. The Morgan fingerprint density at radius 2 is 2.21 bits per heavy atom. The second-order valence-corrected chi connectivity index (χ2v) is 5.75. The maximum Gasteiger partial charge on any atom is 0.234 e. The van der Waals surface area contributed by atoms with Gasteiger partial charge in [-0.1, -0.05) is 0 Å². The monoisotopic (exact) mass is 258 g/mol. The zero-order valence-electron chi connectivity index (χ0n) is 6.73. The molecule has 0 aliphatic rings. The predicted molar refractivity (Wildman–Crippen MR) is 63.6 cm³/mol.